The minimum atomic E-state index is -1.30. The number of hydrogen-bond acceptors (Lipinski definition) is 7. The summed E-state index contributed by atoms with van der Waals surface area (Å²) in [6, 6.07) is 5.56. The van der Waals surface area contributed by atoms with E-state index in [1.54, 1.807) is 24.7 Å². The molecule has 7 nitrogen and oxygen atoms in total. The summed E-state index contributed by atoms with van der Waals surface area (Å²) in [5.41, 5.74) is 1.54. The molecule has 146 valence electrons. The normalized spacial score (nSPS) is 19.5. The lowest BCUT2D eigenvalue weighted by molar-refractivity contribution is 0.137. The van der Waals surface area contributed by atoms with Crippen LogP contribution in [0.5, 0.6) is 5.88 Å². The first-order valence-electron chi connectivity index (χ1n) is 9.51. The van der Waals surface area contributed by atoms with Gasteiger partial charge in [-0.25, -0.2) is 19.3 Å². The van der Waals surface area contributed by atoms with Crippen molar-refractivity contribution in [1.82, 2.24) is 25.3 Å². The Morgan fingerprint density at radius 1 is 1.25 bits per heavy atom. The van der Waals surface area contributed by atoms with Crippen molar-refractivity contribution in [2.24, 2.45) is 0 Å². The van der Waals surface area contributed by atoms with Gasteiger partial charge in [-0.05, 0) is 38.4 Å². The highest BCUT2D eigenvalue weighted by Gasteiger charge is 2.31. The summed E-state index contributed by atoms with van der Waals surface area (Å²) in [4.78, 5) is 17.8. The summed E-state index contributed by atoms with van der Waals surface area (Å²) in [6.45, 7) is 3.84. The van der Waals surface area contributed by atoms with Crippen LogP contribution in [-0.2, 0) is 0 Å². The largest absolute Gasteiger partial charge is 0.478 e. The third-order valence-electron chi connectivity index (χ3n) is 4.77. The topological polar surface area (TPSA) is 84.9 Å². The zero-order valence-electron chi connectivity index (χ0n) is 15.8. The zero-order chi connectivity index (χ0) is 19.4. The first-order chi connectivity index (χ1) is 13.7. The highest BCUT2D eigenvalue weighted by atomic mass is 19.1. The van der Waals surface area contributed by atoms with Gasteiger partial charge in [0.05, 0.1) is 24.4 Å². The summed E-state index contributed by atoms with van der Waals surface area (Å²) < 4.78 is 20.4. The Morgan fingerprint density at radius 2 is 2.14 bits per heavy atom. The molecule has 8 heteroatoms. The van der Waals surface area contributed by atoms with E-state index in [1.807, 2.05) is 19.1 Å². The molecule has 0 amide bonds. The van der Waals surface area contributed by atoms with Gasteiger partial charge in [0.25, 0.3) is 0 Å². The van der Waals surface area contributed by atoms with Gasteiger partial charge in [0.1, 0.15) is 11.2 Å². The van der Waals surface area contributed by atoms with Crippen molar-refractivity contribution < 1.29 is 9.13 Å². The molecule has 1 saturated heterocycles. The highest BCUT2D eigenvalue weighted by molar-refractivity contribution is 5.88. The maximum absolute atomic E-state index is 15.0. The van der Waals surface area contributed by atoms with E-state index in [4.69, 9.17) is 4.74 Å². The lowest BCUT2D eigenvalue weighted by atomic mass is 9.96. The fraction of sp³-hybridized carbons (Fsp3) is 0.400. The summed E-state index contributed by atoms with van der Waals surface area (Å²) in [6.07, 6.45) is 6.30. The van der Waals surface area contributed by atoms with Crippen LogP contribution >= 0.6 is 0 Å². The average Bonchev–Trinajstić information content (AvgIpc) is 2.73. The molecule has 4 rings (SSSR count). The molecular weight excluding hydrogens is 359 g/mol. The fourth-order valence-electron chi connectivity index (χ4n) is 3.33. The van der Waals surface area contributed by atoms with Crippen molar-refractivity contribution in [3.8, 4) is 17.1 Å². The number of halogens is 1. The van der Waals surface area contributed by atoms with Crippen LogP contribution in [-0.4, -0.2) is 51.8 Å². The highest BCUT2D eigenvalue weighted by Crippen LogP contribution is 2.27. The van der Waals surface area contributed by atoms with Crippen LogP contribution in [0.4, 0.5) is 10.2 Å². The summed E-state index contributed by atoms with van der Waals surface area (Å²) in [5.74, 6) is 1.09. The van der Waals surface area contributed by atoms with Gasteiger partial charge in [-0.3, -0.25) is 4.98 Å². The molecule has 0 spiro atoms. The number of anilines is 1. The van der Waals surface area contributed by atoms with Crippen LogP contribution in [0.1, 0.15) is 19.8 Å². The van der Waals surface area contributed by atoms with Crippen molar-refractivity contribution in [1.29, 1.82) is 0 Å². The Labute approximate surface area is 162 Å². The second kappa shape index (κ2) is 8.02. The molecule has 1 unspecified atom stereocenters. The predicted molar refractivity (Wildman–Crippen MR) is 106 cm³/mol. The van der Waals surface area contributed by atoms with Gasteiger partial charge in [0.15, 0.2) is 5.82 Å². The molecular formula is C20H23FN6O. The minimum absolute atomic E-state index is 0.170. The lowest BCUT2D eigenvalue weighted by Crippen LogP contribution is -2.46. The second-order valence-electron chi connectivity index (χ2n) is 6.88. The SMILES string of the molecule is CCOc1ccc(-c2cc3nccnc3c(NCC3(F)CCCNC3)n2)cn1. The van der Waals surface area contributed by atoms with E-state index in [1.165, 1.54) is 0 Å². The number of nitrogens with zero attached hydrogens (tertiary/aromatic N) is 4. The van der Waals surface area contributed by atoms with Gasteiger partial charge in [0, 0.05) is 36.8 Å². The fourth-order valence-corrected chi connectivity index (χ4v) is 3.33. The maximum Gasteiger partial charge on any atom is 0.213 e. The molecule has 3 aromatic rings. The number of rotatable bonds is 6. The zero-order valence-corrected chi connectivity index (χ0v) is 15.8. The number of fused-ring (bicyclic) bond motifs is 1. The average molecular weight is 382 g/mol. The molecule has 0 saturated carbocycles. The predicted octanol–water partition coefficient (Wildman–Crippen LogP) is 2.99. The molecule has 1 atom stereocenters. The van der Waals surface area contributed by atoms with Gasteiger partial charge in [-0.15, -0.1) is 0 Å². The quantitative estimate of drug-likeness (QED) is 0.678. The molecule has 2 N–H and O–H groups in total. The van der Waals surface area contributed by atoms with Crippen LogP contribution in [0.3, 0.4) is 0 Å². The number of alkyl halides is 1. The van der Waals surface area contributed by atoms with E-state index in [9.17, 15) is 4.39 Å². The second-order valence-corrected chi connectivity index (χ2v) is 6.88. The van der Waals surface area contributed by atoms with E-state index in [2.05, 4.69) is 30.6 Å². The van der Waals surface area contributed by atoms with Crippen LogP contribution < -0.4 is 15.4 Å². The smallest absolute Gasteiger partial charge is 0.213 e. The number of pyridine rings is 2. The number of hydrogen-bond donors (Lipinski definition) is 2. The molecule has 0 bridgehead atoms. The molecule has 0 radical (unpaired) electrons. The van der Waals surface area contributed by atoms with Gasteiger partial charge in [-0.1, -0.05) is 0 Å². The first-order valence-corrected chi connectivity index (χ1v) is 9.51. The molecule has 28 heavy (non-hydrogen) atoms. The molecule has 3 aromatic heterocycles. The van der Waals surface area contributed by atoms with Gasteiger partial charge < -0.3 is 15.4 Å². The van der Waals surface area contributed by atoms with Crippen LogP contribution in [0.25, 0.3) is 22.3 Å². The van der Waals surface area contributed by atoms with Crippen molar-refractivity contribution in [3.05, 3.63) is 36.8 Å². The Kier molecular flexibility index (Phi) is 5.29. The van der Waals surface area contributed by atoms with Crippen LogP contribution in [0.2, 0.25) is 0 Å². The Balaban J connectivity index is 1.65. The lowest BCUT2D eigenvalue weighted by Gasteiger charge is -2.30. The number of aromatic nitrogens is 4. The Morgan fingerprint density at radius 3 is 2.89 bits per heavy atom. The summed E-state index contributed by atoms with van der Waals surface area (Å²) in [7, 11) is 0. The van der Waals surface area contributed by atoms with E-state index in [-0.39, 0.29) is 6.54 Å². The van der Waals surface area contributed by atoms with Crippen molar-refractivity contribution in [2.45, 2.75) is 25.4 Å². The monoisotopic (exact) mass is 382 g/mol. The summed E-state index contributed by atoms with van der Waals surface area (Å²) in [5, 5.41) is 6.28. The first kappa shape index (κ1) is 18.5. The minimum Gasteiger partial charge on any atom is -0.478 e. The van der Waals surface area contributed by atoms with Crippen molar-refractivity contribution in [2.75, 3.05) is 31.6 Å². The van der Waals surface area contributed by atoms with Crippen LogP contribution in [0.15, 0.2) is 36.8 Å². The number of piperidine rings is 1. The third kappa shape index (κ3) is 4.01. The molecule has 1 aliphatic rings. The maximum atomic E-state index is 15.0. The molecule has 0 aromatic carbocycles. The van der Waals surface area contributed by atoms with Gasteiger partial charge in [-0.2, -0.15) is 0 Å². The molecule has 4 heterocycles. The van der Waals surface area contributed by atoms with Gasteiger partial charge in [0.2, 0.25) is 5.88 Å². The Bertz CT molecular complexity index is 943. The van der Waals surface area contributed by atoms with Gasteiger partial charge >= 0.3 is 0 Å². The molecule has 0 aliphatic carbocycles. The summed E-state index contributed by atoms with van der Waals surface area (Å²) >= 11 is 0. The third-order valence-corrected chi connectivity index (χ3v) is 4.77. The van der Waals surface area contributed by atoms with Crippen LogP contribution in [0, 0.1) is 0 Å². The van der Waals surface area contributed by atoms with Crippen molar-refractivity contribution in [3.63, 3.8) is 0 Å². The van der Waals surface area contributed by atoms with E-state index in [0.29, 0.717) is 48.0 Å². The van der Waals surface area contributed by atoms with E-state index in [0.717, 1.165) is 18.5 Å². The standard InChI is InChI=1S/C20H23FN6O/c1-2-28-17-5-4-14(11-25-17)15-10-16-18(24-9-8-23-16)19(27-15)26-13-20(21)6-3-7-22-12-20/h4-5,8-11,22H,2-3,6-7,12-13H2,1H3,(H,26,27). The number of ether oxygens (including phenoxy) is 1. The Hall–Kier alpha value is -2.87. The molecule has 1 aliphatic heterocycles. The van der Waals surface area contributed by atoms with E-state index >= 15 is 0 Å². The van der Waals surface area contributed by atoms with E-state index < -0.39 is 5.67 Å². The number of nitrogens with one attached hydrogen (secondary N) is 2. The van der Waals surface area contributed by atoms with Crippen molar-refractivity contribution >= 4 is 16.9 Å². The molecule has 1 fully saturated rings.